The number of fused-ring (bicyclic) bond motifs is 3. The molecule has 1 aromatic heterocycles. The van der Waals surface area contributed by atoms with Crippen molar-refractivity contribution in [2.75, 3.05) is 0 Å². The Morgan fingerprint density at radius 1 is 0.729 bits per heavy atom. The van der Waals surface area contributed by atoms with Crippen LogP contribution in [0.4, 0.5) is 0 Å². The average Bonchev–Trinajstić information content (AvgIpc) is 3.81. The zero-order chi connectivity index (χ0) is 32.9. The molecule has 48 heavy (non-hydrogen) atoms. The maximum atomic E-state index is 5.23. The van der Waals surface area contributed by atoms with Gasteiger partial charge in [0.1, 0.15) is 0 Å². The Balaban J connectivity index is 0.000000202. The van der Waals surface area contributed by atoms with Crippen molar-refractivity contribution < 1.29 is 53.5 Å². The molecule has 1 nitrogen and oxygen atoms in total. The first-order valence-electron chi connectivity index (χ1n) is 16.1. The summed E-state index contributed by atoms with van der Waals surface area (Å²) in [5.41, 5.74) is 12.6. The zero-order valence-corrected chi connectivity index (χ0v) is 33.0. The number of benzene rings is 4. The van der Waals surface area contributed by atoms with Crippen LogP contribution >= 0.6 is 0 Å². The van der Waals surface area contributed by atoms with Crippen LogP contribution in [0.5, 0.6) is 0 Å². The summed E-state index contributed by atoms with van der Waals surface area (Å²) >= 11 is 1.46. The quantitative estimate of drug-likeness (QED) is 0.229. The molecule has 1 atom stereocenters. The number of hydrogen-bond donors (Lipinski definition) is 0. The van der Waals surface area contributed by atoms with Crippen molar-refractivity contribution >= 4 is 8.78 Å². The van der Waals surface area contributed by atoms with Gasteiger partial charge in [0.25, 0.3) is 0 Å². The molecule has 0 amide bonds. The molecule has 4 heteroatoms. The second-order valence-corrected chi connectivity index (χ2v) is 15.4. The molecule has 7 rings (SSSR count). The van der Waals surface area contributed by atoms with Crippen LogP contribution < -0.4 is 24.8 Å². The molecule has 5 aromatic rings. The van der Waals surface area contributed by atoms with Crippen LogP contribution in [0.2, 0.25) is 0 Å². The predicted octanol–water partition coefficient (Wildman–Crippen LogP) is 5.14. The molecule has 1 unspecified atom stereocenters. The fourth-order valence-corrected chi connectivity index (χ4v) is 6.36. The van der Waals surface area contributed by atoms with E-state index in [2.05, 4.69) is 158 Å². The van der Waals surface area contributed by atoms with E-state index in [4.69, 9.17) is 4.42 Å². The monoisotopic (exact) mass is 748 g/mol. The zero-order valence-electron chi connectivity index (χ0n) is 29.0. The molecule has 0 saturated carbocycles. The number of rotatable bonds is 3. The summed E-state index contributed by atoms with van der Waals surface area (Å²) in [4.78, 5) is 0. The molecule has 0 radical (unpaired) electrons. The molecule has 2 aliphatic carbocycles. The number of allylic oxidation sites excluding steroid dienone is 4. The van der Waals surface area contributed by atoms with E-state index in [9.17, 15) is 0 Å². The molecule has 0 saturated heterocycles. The third kappa shape index (κ3) is 10.0. The van der Waals surface area contributed by atoms with Gasteiger partial charge in [-0.1, -0.05) is 89.1 Å². The van der Waals surface area contributed by atoms with Crippen LogP contribution in [-0.2, 0) is 41.5 Å². The molecule has 0 fully saturated rings. The van der Waals surface area contributed by atoms with Crippen LogP contribution in [0.25, 0.3) is 16.7 Å². The van der Waals surface area contributed by atoms with Crippen molar-refractivity contribution in [2.45, 2.75) is 65.7 Å². The minimum atomic E-state index is 0. The van der Waals surface area contributed by atoms with E-state index in [1.807, 2.05) is 18.2 Å². The summed E-state index contributed by atoms with van der Waals surface area (Å²) < 4.78 is 6.64. The van der Waals surface area contributed by atoms with E-state index < -0.39 is 0 Å². The average molecular weight is 751 g/mol. The molecule has 246 valence electrons. The van der Waals surface area contributed by atoms with Gasteiger partial charge < -0.3 is 29.2 Å². The summed E-state index contributed by atoms with van der Waals surface area (Å²) in [5, 5.41) is 0. The fourth-order valence-electron chi connectivity index (χ4n) is 5.54. The van der Waals surface area contributed by atoms with E-state index >= 15 is 0 Å². The number of hydrogen-bond acceptors (Lipinski definition) is 1. The first-order chi connectivity index (χ1) is 21.9. The molecule has 1 heterocycles. The van der Waals surface area contributed by atoms with Crippen molar-refractivity contribution in [3.63, 3.8) is 0 Å². The first kappa shape index (κ1) is 39.4. The molecule has 0 spiro atoms. The van der Waals surface area contributed by atoms with E-state index in [1.54, 1.807) is 6.26 Å². The summed E-state index contributed by atoms with van der Waals surface area (Å²) in [7, 11) is 0. The van der Waals surface area contributed by atoms with E-state index in [1.165, 1.54) is 71.9 Å². The minimum absolute atomic E-state index is 0. The second kappa shape index (κ2) is 17.1. The van der Waals surface area contributed by atoms with Crippen molar-refractivity contribution in [1.29, 1.82) is 0 Å². The van der Waals surface area contributed by atoms with Crippen molar-refractivity contribution in [2.24, 2.45) is 5.92 Å². The molecule has 0 N–H and O–H groups in total. The molecule has 0 aliphatic heterocycles. The van der Waals surface area contributed by atoms with E-state index in [-0.39, 0.29) is 35.6 Å². The summed E-state index contributed by atoms with van der Waals surface area (Å²) in [6.07, 6.45) is 10.0. The topological polar surface area (TPSA) is 13.1 Å². The van der Waals surface area contributed by atoms with E-state index in [0.29, 0.717) is 5.92 Å². The normalized spacial score (nSPS) is 14.1. The van der Waals surface area contributed by atoms with E-state index in [0.717, 1.165) is 17.8 Å². The first-order valence-corrected chi connectivity index (χ1v) is 17.4. The third-order valence-corrected chi connectivity index (χ3v) is 9.81. The molecule has 0 bridgehead atoms. The Hall–Kier alpha value is -3.03. The molecular weight excluding hydrogens is 707 g/mol. The second-order valence-electron chi connectivity index (χ2n) is 14.1. The van der Waals surface area contributed by atoms with Gasteiger partial charge in [0.05, 0.1) is 12.0 Å². The van der Waals surface area contributed by atoms with Gasteiger partial charge >= 0.3 is 99.2 Å². The van der Waals surface area contributed by atoms with Crippen molar-refractivity contribution in [1.82, 2.24) is 0 Å². The summed E-state index contributed by atoms with van der Waals surface area (Å²) in [6.45, 7) is 15.7. The summed E-state index contributed by atoms with van der Waals surface area (Å²) in [5.74, 6) is 1.36. The van der Waals surface area contributed by atoms with Gasteiger partial charge in [-0.15, -0.1) is 11.1 Å². The number of furan rings is 1. The van der Waals surface area contributed by atoms with Crippen LogP contribution in [0.3, 0.4) is 0 Å². The molecule has 4 aromatic carbocycles. The summed E-state index contributed by atoms with van der Waals surface area (Å²) in [6, 6.07) is 40.0. The van der Waals surface area contributed by atoms with Gasteiger partial charge in [-0.3, -0.25) is 6.08 Å². The van der Waals surface area contributed by atoms with Crippen LogP contribution in [0, 0.1) is 18.1 Å². The Bertz CT molecular complexity index is 1740. The number of halogens is 2. The van der Waals surface area contributed by atoms with Crippen molar-refractivity contribution in [3.05, 3.63) is 173 Å². The Morgan fingerprint density at radius 3 is 1.81 bits per heavy atom. The Labute approximate surface area is 315 Å². The van der Waals surface area contributed by atoms with Crippen LogP contribution in [-0.4, -0.2) is 3.21 Å². The fraction of sp³-hybridized carbons (Fsp3) is 0.250. The molecule has 2 aliphatic rings. The molecular formula is C44H44Cl2OZr-2. The van der Waals surface area contributed by atoms with Gasteiger partial charge in [-0.25, -0.2) is 6.08 Å². The Morgan fingerprint density at radius 2 is 1.31 bits per heavy atom. The predicted molar refractivity (Wildman–Crippen MR) is 191 cm³/mol. The Kier molecular flexibility index (Phi) is 14.0. The standard InChI is InChI=1S/C21H25.C13H10.C10H9O.2ClH.Zr/c1-20(2,3)16-9-7-14-11-15-8-10-17(21(4,5)6)13-19(15)18(14)12-16;1-3-7-12(8-4-1)11-13-9-5-2-6-10-13;1-8-4-5-9(7-8)10-3-2-6-11-10;;;/h7,9-10,12-13H,11H2,1-6H3;1-10H;2-3,5-8H,1H3;2*1H;/q-1;;-1;;;+2/p-2. The van der Waals surface area contributed by atoms with Crippen LogP contribution in [0.15, 0.2) is 126 Å². The SMILES string of the molecule is CC(C)(C)c1c[c-]c2c(c1)-c1cc(C(C)(C)C)ccc1C2.CC1[C-]=CC(c2ccco2)=C1.[Cl-].[Cl-].[Zr+2]=[C](c1ccccc1)c1ccccc1. The van der Waals surface area contributed by atoms with Crippen molar-refractivity contribution in [3.8, 4) is 11.1 Å². The van der Waals surface area contributed by atoms with Gasteiger partial charge in [0, 0.05) is 0 Å². The third-order valence-electron chi connectivity index (χ3n) is 8.39. The van der Waals surface area contributed by atoms with Gasteiger partial charge in [0.2, 0.25) is 0 Å². The van der Waals surface area contributed by atoms with Gasteiger partial charge in [0.15, 0.2) is 0 Å². The van der Waals surface area contributed by atoms with Gasteiger partial charge in [-0.2, -0.15) is 35.4 Å². The van der Waals surface area contributed by atoms with Crippen LogP contribution in [0.1, 0.15) is 87.6 Å². The van der Waals surface area contributed by atoms with Gasteiger partial charge in [-0.05, 0) is 29.5 Å². The maximum absolute atomic E-state index is 5.23.